The van der Waals surface area contributed by atoms with Crippen LogP contribution in [-0.4, -0.2) is 22.1 Å². The molecule has 162 valence electrons. The quantitative estimate of drug-likeness (QED) is 0.297. The minimum absolute atomic E-state index is 0.0790. The molecule has 8 heteroatoms. The van der Waals surface area contributed by atoms with Crippen LogP contribution in [0.3, 0.4) is 0 Å². The van der Waals surface area contributed by atoms with E-state index in [0.717, 1.165) is 35.9 Å². The van der Waals surface area contributed by atoms with Crippen molar-refractivity contribution in [2.24, 2.45) is 10.7 Å². The summed E-state index contributed by atoms with van der Waals surface area (Å²) in [5.41, 5.74) is 8.11. The number of aromatic nitrogens is 2. The van der Waals surface area contributed by atoms with Gasteiger partial charge in [-0.2, -0.15) is 0 Å². The fourth-order valence-corrected chi connectivity index (χ4v) is 4.30. The molecule has 4 N–H and O–H groups in total. The van der Waals surface area contributed by atoms with Crippen molar-refractivity contribution in [1.82, 2.24) is 9.97 Å². The number of nitrogens with zero attached hydrogens (tertiary/aromatic N) is 2. The number of benzene rings is 2. The number of hydrogen-bond donors (Lipinski definition) is 3. The molecular weight excluding hydrogens is 415 g/mol. The van der Waals surface area contributed by atoms with Crippen molar-refractivity contribution in [2.75, 3.05) is 0 Å². The molecule has 1 heterocycles. The van der Waals surface area contributed by atoms with Gasteiger partial charge in [0.25, 0.3) is 0 Å². The van der Waals surface area contributed by atoms with Crippen LogP contribution in [0.2, 0.25) is 0 Å². The zero-order valence-electron chi connectivity index (χ0n) is 17.5. The highest BCUT2D eigenvalue weighted by molar-refractivity contribution is 7.55. The van der Waals surface area contributed by atoms with Crippen LogP contribution in [-0.2, 0) is 0 Å². The van der Waals surface area contributed by atoms with Gasteiger partial charge in [0, 0.05) is 16.8 Å². The first-order valence-corrected chi connectivity index (χ1v) is 11.3. The Balaban J connectivity index is 0.00000132. The number of nitrogens with one attached hydrogen (secondary N) is 2. The summed E-state index contributed by atoms with van der Waals surface area (Å²) in [6, 6.07) is 11.3. The van der Waals surface area contributed by atoms with Gasteiger partial charge in [0.05, 0.1) is 5.69 Å². The Kier molecular flexibility index (Phi) is 7.64. The lowest BCUT2D eigenvalue weighted by Gasteiger charge is -2.22. The molecule has 1 fully saturated rings. The number of hydrogen-bond acceptors (Lipinski definition) is 2. The molecule has 1 unspecified atom stereocenters. The van der Waals surface area contributed by atoms with Gasteiger partial charge in [-0.1, -0.05) is 59.2 Å². The molecule has 31 heavy (non-hydrogen) atoms. The second kappa shape index (κ2) is 10.4. The van der Waals surface area contributed by atoms with Crippen molar-refractivity contribution < 1.29 is 8.78 Å². The Morgan fingerprint density at radius 1 is 1.16 bits per heavy atom. The number of rotatable bonds is 6. The van der Waals surface area contributed by atoms with Gasteiger partial charge in [-0.05, 0) is 30.3 Å². The maximum atomic E-state index is 13.9. The van der Waals surface area contributed by atoms with Crippen LogP contribution in [0, 0.1) is 17.0 Å². The molecule has 0 spiro atoms. The van der Waals surface area contributed by atoms with Crippen molar-refractivity contribution in [3.63, 3.8) is 0 Å². The lowest BCUT2D eigenvalue weighted by molar-refractivity contribution is 0.404. The standard InChI is InChI=1S/C21H20F2N5P.C2H6/c22-15-5-2-6-16(23)19(15)29-14-9-7-12(8-10-14)17-18(20(25)26-11-24)28-21(27-17)13-3-1-4-13;1-2/h2,5-11,13,29H,1,3-4H2,(H,27,28)(H3,24,25,26);1-2H3. The number of halogens is 2. The molecule has 0 aliphatic heterocycles. The second-order valence-corrected chi connectivity index (χ2v) is 8.24. The number of amidine groups is 1. The molecule has 0 radical (unpaired) electrons. The molecule has 1 atom stereocenters. The van der Waals surface area contributed by atoms with Crippen LogP contribution < -0.4 is 16.3 Å². The molecule has 1 aliphatic carbocycles. The highest BCUT2D eigenvalue weighted by Crippen LogP contribution is 2.36. The van der Waals surface area contributed by atoms with Gasteiger partial charge < -0.3 is 10.7 Å². The van der Waals surface area contributed by atoms with Crippen LogP contribution in [0.4, 0.5) is 8.78 Å². The van der Waals surface area contributed by atoms with Crippen molar-refractivity contribution >= 4 is 31.4 Å². The predicted molar refractivity (Wildman–Crippen MR) is 125 cm³/mol. The molecule has 1 aliphatic rings. The molecule has 0 amide bonds. The summed E-state index contributed by atoms with van der Waals surface area (Å²) in [4.78, 5) is 11.9. The largest absolute Gasteiger partial charge is 0.382 e. The molecule has 1 saturated carbocycles. The van der Waals surface area contributed by atoms with Crippen LogP contribution >= 0.6 is 8.58 Å². The highest BCUT2D eigenvalue weighted by atomic mass is 31.1. The fraction of sp³-hybridized carbons (Fsp3) is 0.261. The van der Waals surface area contributed by atoms with E-state index in [1.807, 2.05) is 38.1 Å². The number of aromatic amines is 1. The molecule has 4 rings (SSSR count). The molecule has 0 bridgehead atoms. The Bertz CT molecular complexity index is 1050. The molecule has 3 aromatic rings. The van der Waals surface area contributed by atoms with E-state index in [1.165, 1.54) is 24.6 Å². The third kappa shape index (κ3) is 5.05. The van der Waals surface area contributed by atoms with Gasteiger partial charge in [-0.25, -0.2) is 18.8 Å². The van der Waals surface area contributed by atoms with Gasteiger partial charge in [0.2, 0.25) is 0 Å². The first kappa shape index (κ1) is 22.8. The molecular formula is C23H26F2N5P. The van der Waals surface area contributed by atoms with E-state index in [0.29, 0.717) is 17.3 Å². The minimum atomic E-state index is -0.539. The third-order valence-electron chi connectivity index (χ3n) is 5.06. The van der Waals surface area contributed by atoms with Gasteiger partial charge in [0.1, 0.15) is 29.5 Å². The van der Waals surface area contributed by atoms with E-state index in [2.05, 4.69) is 9.98 Å². The van der Waals surface area contributed by atoms with Crippen molar-refractivity contribution in [2.45, 2.75) is 39.0 Å². The Hall–Kier alpha value is -2.92. The lowest BCUT2D eigenvalue weighted by atomic mass is 9.85. The van der Waals surface area contributed by atoms with E-state index in [-0.39, 0.29) is 19.7 Å². The number of aliphatic imine (C=N–C) groups is 1. The summed E-state index contributed by atoms with van der Waals surface area (Å²) in [6.07, 6.45) is 4.25. The zero-order valence-corrected chi connectivity index (χ0v) is 18.5. The second-order valence-electron chi connectivity index (χ2n) is 6.92. The summed E-state index contributed by atoms with van der Waals surface area (Å²) in [6.45, 7) is 4.00. The maximum absolute atomic E-state index is 13.9. The van der Waals surface area contributed by atoms with Gasteiger partial charge in [-0.15, -0.1) is 0 Å². The van der Waals surface area contributed by atoms with Crippen molar-refractivity contribution in [3.05, 3.63) is 65.6 Å². The Morgan fingerprint density at radius 2 is 1.81 bits per heavy atom. The summed E-state index contributed by atoms with van der Waals surface area (Å²) >= 11 is 0. The summed E-state index contributed by atoms with van der Waals surface area (Å²) in [5, 5.41) is 8.07. The Morgan fingerprint density at radius 3 is 2.35 bits per heavy atom. The Labute approximate surface area is 182 Å². The summed E-state index contributed by atoms with van der Waals surface area (Å²) in [7, 11) is -0.125. The zero-order chi connectivity index (χ0) is 22.4. The molecule has 2 aromatic carbocycles. The number of imidazole rings is 1. The molecule has 1 aromatic heterocycles. The van der Waals surface area contributed by atoms with Crippen LogP contribution in [0.25, 0.3) is 11.3 Å². The van der Waals surface area contributed by atoms with Gasteiger partial charge >= 0.3 is 0 Å². The SMILES string of the molecule is CC.N=CN=C(N)c1[nH]c(C2CCC2)nc1-c1ccc(Pc2c(F)cccc2F)cc1. The maximum Gasteiger partial charge on any atom is 0.151 e. The summed E-state index contributed by atoms with van der Waals surface area (Å²) < 4.78 is 27.8. The topological polar surface area (TPSA) is 90.9 Å². The first-order chi connectivity index (χ1) is 15.1. The monoisotopic (exact) mass is 441 g/mol. The molecule has 0 saturated heterocycles. The van der Waals surface area contributed by atoms with Gasteiger partial charge in [-0.3, -0.25) is 5.41 Å². The lowest BCUT2D eigenvalue weighted by Crippen LogP contribution is -2.16. The predicted octanol–water partition coefficient (Wildman–Crippen LogP) is 4.59. The molecule has 5 nitrogen and oxygen atoms in total. The fourth-order valence-electron chi connectivity index (χ4n) is 3.27. The highest BCUT2D eigenvalue weighted by Gasteiger charge is 2.25. The van der Waals surface area contributed by atoms with Crippen molar-refractivity contribution in [3.8, 4) is 11.3 Å². The third-order valence-corrected chi connectivity index (χ3v) is 6.41. The summed E-state index contributed by atoms with van der Waals surface area (Å²) in [5.74, 6) is 0.391. The first-order valence-electron chi connectivity index (χ1n) is 10.3. The average molecular weight is 441 g/mol. The minimum Gasteiger partial charge on any atom is -0.382 e. The van der Waals surface area contributed by atoms with Crippen LogP contribution in [0.15, 0.2) is 47.5 Å². The average Bonchev–Trinajstić information content (AvgIpc) is 3.16. The van der Waals surface area contributed by atoms with Crippen LogP contribution in [0.5, 0.6) is 0 Å². The van der Waals surface area contributed by atoms with Crippen LogP contribution in [0.1, 0.15) is 50.5 Å². The normalized spacial score (nSPS) is 14.3. The van der Waals surface area contributed by atoms with E-state index < -0.39 is 11.6 Å². The van der Waals surface area contributed by atoms with E-state index >= 15 is 0 Å². The van der Waals surface area contributed by atoms with Gasteiger partial charge in [0.15, 0.2) is 5.84 Å². The number of H-pyrrole nitrogens is 1. The number of nitrogens with two attached hydrogens (primary N) is 1. The smallest absolute Gasteiger partial charge is 0.151 e. The van der Waals surface area contributed by atoms with E-state index in [4.69, 9.17) is 16.1 Å². The van der Waals surface area contributed by atoms with E-state index in [9.17, 15) is 8.78 Å². The van der Waals surface area contributed by atoms with Crippen molar-refractivity contribution in [1.29, 1.82) is 5.41 Å². The van der Waals surface area contributed by atoms with E-state index in [1.54, 1.807) is 0 Å².